The van der Waals surface area contributed by atoms with Gasteiger partial charge in [0.05, 0.1) is 12.6 Å². The maximum atomic E-state index is 10.4. The van der Waals surface area contributed by atoms with Crippen LogP contribution in [-0.2, 0) is 6.54 Å². The van der Waals surface area contributed by atoms with Crippen LogP contribution < -0.4 is 0 Å². The van der Waals surface area contributed by atoms with Crippen LogP contribution in [0, 0.1) is 5.92 Å². The molecule has 0 saturated carbocycles. The van der Waals surface area contributed by atoms with E-state index in [4.69, 9.17) is 0 Å². The highest BCUT2D eigenvalue weighted by atomic mass is 16.3. The topological polar surface area (TPSA) is 41.3 Å². The van der Waals surface area contributed by atoms with Crippen LogP contribution in [0.3, 0.4) is 0 Å². The number of β-amino-alcohol motifs (C(OH)–C–C–N with tert-alkyl or cyclic N) is 1. The molecule has 0 radical (unpaired) electrons. The Hall–Kier alpha value is -1.65. The predicted molar refractivity (Wildman–Crippen MR) is 88.5 cm³/mol. The largest absolute Gasteiger partial charge is 0.390 e. The van der Waals surface area contributed by atoms with Crippen molar-refractivity contribution < 1.29 is 5.11 Å². The maximum Gasteiger partial charge on any atom is 0.139 e. The summed E-state index contributed by atoms with van der Waals surface area (Å²) in [6.07, 6.45) is 5.88. The number of aliphatic hydroxyl groups excluding tert-OH is 1. The van der Waals surface area contributed by atoms with E-state index >= 15 is 0 Å². The molecule has 4 nitrogen and oxygen atoms in total. The van der Waals surface area contributed by atoms with Gasteiger partial charge in [-0.3, -0.25) is 0 Å². The summed E-state index contributed by atoms with van der Waals surface area (Å²) in [5.74, 6) is 1.75. The Labute approximate surface area is 132 Å². The van der Waals surface area contributed by atoms with E-state index < -0.39 is 0 Å². The Morgan fingerprint density at radius 2 is 1.91 bits per heavy atom. The number of aromatic nitrogens is 2. The fourth-order valence-corrected chi connectivity index (χ4v) is 3.13. The van der Waals surface area contributed by atoms with Crippen LogP contribution in [0.25, 0.3) is 11.4 Å². The summed E-state index contributed by atoms with van der Waals surface area (Å²) in [6.45, 7) is 5.86. The molecule has 1 aliphatic heterocycles. The number of piperidine rings is 1. The highest BCUT2D eigenvalue weighted by Gasteiger charge is 2.19. The molecule has 1 aromatic heterocycles. The average Bonchev–Trinajstić information content (AvgIpc) is 2.98. The molecular weight excluding hydrogens is 274 g/mol. The normalized spacial score (nSPS) is 18.5. The standard InChI is InChI=1S/C18H25N3O/c1-15-7-10-20(11-8-15)13-17(22)14-21-12-9-19-18(21)16-5-3-2-4-6-16/h2-6,9,12,15,17,22H,7-8,10-11,13-14H2,1H3. The van der Waals surface area contributed by atoms with E-state index in [1.165, 1.54) is 12.8 Å². The zero-order chi connectivity index (χ0) is 15.4. The molecule has 2 aromatic rings. The first-order chi connectivity index (χ1) is 10.7. The van der Waals surface area contributed by atoms with Crippen LogP contribution >= 0.6 is 0 Å². The van der Waals surface area contributed by atoms with Gasteiger partial charge < -0.3 is 14.6 Å². The summed E-state index contributed by atoms with van der Waals surface area (Å²) < 4.78 is 2.05. The third kappa shape index (κ3) is 3.76. The molecule has 1 aromatic carbocycles. The second-order valence-corrected chi connectivity index (χ2v) is 6.41. The molecular formula is C18H25N3O. The lowest BCUT2D eigenvalue weighted by Crippen LogP contribution is -2.39. The molecule has 1 fully saturated rings. The van der Waals surface area contributed by atoms with E-state index in [0.717, 1.165) is 36.9 Å². The number of likely N-dealkylation sites (tertiary alicyclic amines) is 1. The summed E-state index contributed by atoms with van der Waals surface area (Å²) in [7, 11) is 0. The van der Waals surface area contributed by atoms with Crippen LogP contribution in [0.2, 0.25) is 0 Å². The summed E-state index contributed by atoms with van der Waals surface area (Å²) >= 11 is 0. The minimum absolute atomic E-state index is 0.356. The first kappa shape index (κ1) is 15.3. The minimum atomic E-state index is -0.356. The van der Waals surface area contributed by atoms with Crippen LogP contribution in [0.1, 0.15) is 19.8 Å². The van der Waals surface area contributed by atoms with E-state index in [9.17, 15) is 5.11 Å². The Balaban J connectivity index is 1.60. The molecule has 2 heterocycles. The van der Waals surface area contributed by atoms with Crippen molar-refractivity contribution in [1.82, 2.24) is 14.5 Å². The molecule has 0 aliphatic carbocycles. The van der Waals surface area contributed by atoms with Crippen molar-refractivity contribution in [2.45, 2.75) is 32.4 Å². The molecule has 118 valence electrons. The lowest BCUT2D eigenvalue weighted by molar-refractivity contribution is 0.0804. The van der Waals surface area contributed by atoms with Crippen molar-refractivity contribution in [1.29, 1.82) is 0 Å². The van der Waals surface area contributed by atoms with E-state index in [-0.39, 0.29) is 6.10 Å². The van der Waals surface area contributed by atoms with Gasteiger partial charge in [0.15, 0.2) is 0 Å². The van der Waals surface area contributed by atoms with Crippen LogP contribution in [0.15, 0.2) is 42.7 Å². The van der Waals surface area contributed by atoms with Crippen LogP contribution in [-0.4, -0.2) is 45.3 Å². The molecule has 0 spiro atoms. The number of rotatable bonds is 5. The van der Waals surface area contributed by atoms with Gasteiger partial charge in [-0.25, -0.2) is 4.98 Å². The fraction of sp³-hybridized carbons (Fsp3) is 0.500. The smallest absolute Gasteiger partial charge is 0.139 e. The SMILES string of the molecule is CC1CCN(CC(O)Cn2ccnc2-c2ccccc2)CC1. The van der Waals surface area contributed by atoms with Gasteiger partial charge in [0.25, 0.3) is 0 Å². The molecule has 4 heteroatoms. The molecule has 0 amide bonds. The third-order valence-electron chi connectivity index (χ3n) is 4.50. The molecule has 22 heavy (non-hydrogen) atoms. The number of hydrogen-bond acceptors (Lipinski definition) is 3. The first-order valence-electron chi connectivity index (χ1n) is 8.19. The zero-order valence-corrected chi connectivity index (χ0v) is 13.2. The molecule has 1 N–H and O–H groups in total. The van der Waals surface area contributed by atoms with Gasteiger partial charge in [-0.05, 0) is 31.8 Å². The highest BCUT2D eigenvalue weighted by molar-refractivity contribution is 5.55. The van der Waals surface area contributed by atoms with Crippen LogP contribution in [0.4, 0.5) is 0 Å². The molecule has 1 aliphatic rings. The first-order valence-corrected chi connectivity index (χ1v) is 8.19. The molecule has 1 unspecified atom stereocenters. The van der Waals surface area contributed by atoms with Gasteiger partial charge >= 0.3 is 0 Å². The molecule has 3 rings (SSSR count). The number of aliphatic hydroxyl groups is 1. The lowest BCUT2D eigenvalue weighted by Gasteiger charge is -2.31. The van der Waals surface area contributed by atoms with Crippen molar-refractivity contribution in [2.24, 2.45) is 5.92 Å². The van der Waals surface area contributed by atoms with Crippen LogP contribution in [0.5, 0.6) is 0 Å². The van der Waals surface area contributed by atoms with Gasteiger partial charge in [0, 0.05) is 24.5 Å². The Kier molecular flexibility index (Phi) is 4.90. The zero-order valence-electron chi connectivity index (χ0n) is 13.2. The number of benzene rings is 1. The highest BCUT2D eigenvalue weighted by Crippen LogP contribution is 2.19. The van der Waals surface area contributed by atoms with Gasteiger partial charge in [-0.15, -0.1) is 0 Å². The van der Waals surface area contributed by atoms with Crippen molar-refractivity contribution in [3.05, 3.63) is 42.7 Å². The van der Waals surface area contributed by atoms with Gasteiger partial charge in [-0.1, -0.05) is 37.3 Å². The summed E-state index contributed by atoms with van der Waals surface area (Å²) in [5.41, 5.74) is 1.09. The number of nitrogens with zero attached hydrogens (tertiary/aromatic N) is 3. The molecule has 1 atom stereocenters. The van der Waals surface area contributed by atoms with Crippen molar-refractivity contribution in [3.63, 3.8) is 0 Å². The van der Waals surface area contributed by atoms with Crippen molar-refractivity contribution in [3.8, 4) is 11.4 Å². The number of imidazole rings is 1. The lowest BCUT2D eigenvalue weighted by atomic mass is 9.99. The van der Waals surface area contributed by atoms with E-state index in [1.807, 2.05) is 29.0 Å². The van der Waals surface area contributed by atoms with Gasteiger partial charge in [0.2, 0.25) is 0 Å². The quantitative estimate of drug-likeness (QED) is 0.923. The van der Waals surface area contributed by atoms with Gasteiger partial charge in [0.1, 0.15) is 5.82 Å². The van der Waals surface area contributed by atoms with Crippen molar-refractivity contribution >= 4 is 0 Å². The second-order valence-electron chi connectivity index (χ2n) is 6.41. The third-order valence-corrected chi connectivity index (χ3v) is 4.50. The van der Waals surface area contributed by atoms with E-state index in [2.05, 4.69) is 28.9 Å². The monoisotopic (exact) mass is 299 g/mol. The van der Waals surface area contributed by atoms with E-state index in [1.54, 1.807) is 6.20 Å². The number of hydrogen-bond donors (Lipinski definition) is 1. The Morgan fingerprint density at radius 3 is 2.64 bits per heavy atom. The van der Waals surface area contributed by atoms with Crippen molar-refractivity contribution in [2.75, 3.05) is 19.6 Å². The Bertz CT molecular complexity index is 573. The molecule has 1 saturated heterocycles. The minimum Gasteiger partial charge on any atom is -0.390 e. The maximum absolute atomic E-state index is 10.4. The Morgan fingerprint density at radius 1 is 1.18 bits per heavy atom. The fourth-order valence-electron chi connectivity index (χ4n) is 3.13. The predicted octanol–water partition coefficient (Wildman–Crippen LogP) is 2.64. The second kappa shape index (κ2) is 7.07. The summed E-state index contributed by atoms with van der Waals surface area (Å²) in [4.78, 5) is 6.81. The van der Waals surface area contributed by atoms with Gasteiger partial charge in [-0.2, -0.15) is 0 Å². The molecule has 0 bridgehead atoms. The van der Waals surface area contributed by atoms with E-state index in [0.29, 0.717) is 6.54 Å². The summed E-state index contributed by atoms with van der Waals surface area (Å²) in [5, 5.41) is 10.4. The summed E-state index contributed by atoms with van der Waals surface area (Å²) in [6, 6.07) is 10.1. The average molecular weight is 299 g/mol.